The van der Waals surface area contributed by atoms with Gasteiger partial charge in [0.2, 0.25) is 5.91 Å². The van der Waals surface area contributed by atoms with Crippen molar-refractivity contribution in [2.24, 2.45) is 0 Å². The van der Waals surface area contributed by atoms with Crippen LogP contribution in [0.2, 0.25) is 0 Å². The van der Waals surface area contributed by atoms with Crippen LogP contribution in [0.3, 0.4) is 0 Å². The molecular weight excluding hydrogens is 296 g/mol. The number of hydrogen-bond donors (Lipinski definition) is 0. The Morgan fingerprint density at radius 3 is 2.61 bits per heavy atom. The van der Waals surface area contributed by atoms with Crippen LogP contribution >= 0.6 is 0 Å². The molecule has 1 aliphatic heterocycles. The van der Waals surface area contributed by atoms with Gasteiger partial charge in [-0.1, -0.05) is 12.1 Å². The molecule has 2 aromatic rings. The third kappa shape index (κ3) is 2.92. The standard InChI is InChI=1S/C16H20N4O3/c1-11-16(21)19(8-12-4-6-13(23-3)7-5-12)9-14-17-18-15(10-22-2)20(11)14/h4-7,11H,8-10H2,1-3H3/t11-/m0/s1. The van der Waals surface area contributed by atoms with Crippen LogP contribution in [0.4, 0.5) is 0 Å². The minimum Gasteiger partial charge on any atom is -0.497 e. The predicted molar refractivity (Wildman–Crippen MR) is 82.7 cm³/mol. The molecule has 1 aliphatic rings. The van der Waals surface area contributed by atoms with Gasteiger partial charge in [-0.15, -0.1) is 10.2 Å². The second kappa shape index (κ2) is 6.37. The number of aromatic nitrogens is 3. The molecule has 7 heteroatoms. The Morgan fingerprint density at radius 1 is 1.22 bits per heavy atom. The normalized spacial score (nSPS) is 17.3. The third-order valence-electron chi connectivity index (χ3n) is 4.03. The van der Waals surface area contributed by atoms with Crippen LogP contribution in [-0.2, 0) is 29.2 Å². The van der Waals surface area contributed by atoms with Crippen molar-refractivity contribution in [1.82, 2.24) is 19.7 Å². The summed E-state index contributed by atoms with van der Waals surface area (Å²) in [5, 5.41) is 8.33. The minimum absolute atomic E-state index is 0.0606. The monoisotopic (exact) mass is 316 g/mol. The van der Waals surface area contributed by atoms with Crippen LogP contribution in [0.15, 0.2) is 24.3 Å². The zero-order valence-electron chi connectivity index (χ0n) is 13.5. The molecule has 0 aliphatic carbocycles. The summed E-state index contributed by atoms with van der Waals surface area (Å²) in [6.45, 7) is 3.21. The smallest absolute Gasteiger partial charge is 0.246 e. The first-order chi connectivity index (χ1) is 11.1. The largest absolute Gasteiger partial charge is 0.497 e. The number of ether oxygens (including phenoxy) is 2. The molecule has 0 saturated carbocycles. The van der Waals surface area contributed by atoms with Gasteiger partial charge in [0.1, 0.15) is 18.4 Å². The summed E-state index contributed by atoms with van der Waals surface area (Å²) in [5.41, 5.74) is 1.05. The molecule has 0 saturated heterocycles. The van der Waals surface area contributed by atoms with E-state index in [0.717, 1.165) is 17.1 Å². The van der Waals surface area contributed by atoms with Gasteiger partial charge in [-0.25, -0.2) is 0 Å². The number of rotatable bonds is 5. The average Bonchev–Trinajstić information content (AvgIpc) is 2.96. The number of benzene rings is 1. The highest BCUT2D eigenvalue weighted by Crippen LogP contribution is 2.25. The van der Waals surface area contributed by atoms with Crippen molar-refractivity contribution in [2.45, 2.75) is 32.7 Å². The molecule has 0 fully saturated rings. The van der Waals surface area contributed by atoms with Gasteiger partial charge < -0.3 is 14.4 Å². The molecule has 1 aromatic heterocycles. The van der Waals surface area contributed by atoms with E-state index in [1.54, 1.807) is 19.1 Å². The fourth-order valence-electron chi connectivity index (χ4n) is 2.85. The Hall–Kier alpha value is -2.41. The lowest BCUT2D eigenvalue weighted by Gasteiger charge is -2.32. The molecule has 0 spiro atoms. The number of carbonyl (C=O) groups excluding carboxylic acids is 1. The van der Waals surface area contributed by atoms with Crippen molar-refractivity contribution in [3.05, 3.63) is 41.5 Å². The van der Waals surface area contributed by atoms with Gasteiger partial charge in [-0.2, -0.15) is 0 Å². The van der Waals surface area contributed by atoms with E-state index in [2.05, 4.69) is 10.2 Å². The first-order valence-corrected chi connectivity index (χ1v) is 7.47. The molecule has 7 nitrogen and oxygen atoms in total. The van der Waals surface area contributed by atoms with E-state index < -0.39 is 0 Å². The number of carbonyl (C=O) groups is 1. The van der Waals surface area contributed by atoms with E-state index >= 15 is 0 Å². The highest BCUT2D eigenvalue weighted by Gasteiger charge is 2.32. The molecule has 1 amide bonds. The zero-order chi connectivity index (χ0) is 16.4. The van der Waals surface area contributed by atoms with E-state index in [1.165, 1.54) is 0 Å². The van der Waals surface area contributed by atoms with Crippen molar-refractivity contribution in [3.8, 4) is 5.75 Å². The fraction of sp³-hybridized carbons (Fsp3) is 0.438. The number of fused-ring (bicyclic) bond motifs is 1. The topological polar surface area (TPSA) is 69.5 Å². The first-order valence-electron chi connectivity index (χ1n) is 7.47. The molecule has 3 rings (SSSR count). The van der Waals surface area contributed by atoms with E-state index in [-0.39, 0.29) is 11.9 Å². The highest BCUT2D eigenvalue weighted by atomic mass is 16.5. The number of amides is 1. The van der Waals surface area contributed by atoms with Gasteiger partial charge in [0.15, 0.2) is 11.6 Å². The highest BCUT2D eigenvalue weighted by molar-refractivity contribution is 5.81. The second-order valence-electron chi connectivity index (χ2n) is 5.55. The Labute approximate surface area is 134 Å². The minimum atomic E-state index is -0.322. The van der Waals surface area contributed by atoms with Crippen LogP contribution in [0.25, 0.3) is 0 Å². The van der Waals surface area contributed by atoms with Crippen molar-refractivity contribution in [3.63, 3.8) is 0 Å². The molecule has 2 heterocycles. The summed E-state index contributed by atoms with van der Waals surface area (Å²) in [6.07, 6.45) is 0. The molecule has 0 unspecified atom stereocenters. The second-order valence-corrected chi connectivity index (χ2v) is 5.55. The van der Waals surface area contributed by atoms with Crippen LogP contribution in [0, 0.1) is 0 Å². The van der Waals surface area contributed by atoms with Crippen LogP contribution in [0.1, 0.15) is 30.2 Å². The van der Waals surface area contributed by atoms with Gasteiger partial charge in [0.05, 0.1) is 13.7 Å². The summed E-state index contributed by atoms with van der Waals surface area (Å²) >= 11 is 0. The Balaban J connectivity index is 1.80. The quantitative estimate of drug-likeness (QED) is 0.837. The maximum absolute atomic E-state index is 12.7. The summed E-state index contributed by atoms with van der Waals surface area (Å²) < 4.78 is 12.1. The Kier molecular flexibility index (Phi) is 4.29. The van der Waals surface area contributed by atoms with Crippen LogP contribution < -0.4 is 4.74 Å². The van der Waals surface area contributed by atoms with E-state index in [1.807, 2.05) is 35.8 Å². The van der Waals surface area contributed by atoms with Crippen LogP contribution in [0.5, 0.6) is 5.75 Å². The maximum Gasteiger partial charge on any atom is 0.246 e. The van der Waals surface area contributed by atoms with E-state index in [9.17, 15) is 4.79 Å². The van der Waals surface area contributed by atoms with Crippen molar-refractivity contribution < 1.29 is 14.3 Å². The number of methoxy groups -OCH3 is 2. The molecular formula is C16H20N4O3. The lowest BCUT2D eigenvalue weighted by molar-refractivity contribution is -0.137. The van der Waals surface area contributed by atoms with Gasteiger partial charge in [0.25, 0.3) is 0 Å². The van der Waals surface area contributed by atoms with Crippen molar-refractivity contribution in [2.75, 3.05) is 14.2 Å². The van der Waals surface area contributed by atoms with Gasteiger partial charge in [-0.3, -0.25) is 9.36 Å². The van der Waals surface area contributed by atoms with Gasteiger partial charge in [0, 0.05) is 13.7 Å². The lowest BCUT2D eigenvalue weighted by Crippen LogP contribution is -2.41. The molecule has 122 valence electrons. The number of nitrogens with zero attached hydrogens (tertiary/aromatic N) is 4. The Morgan fingerprint density at radius 2 is 1.96 bits per heavy atom. The zero-order valence-corrected chi connectivity index (χ0v) is 13.5. The summed E-state index contributed by atoms with van der Waals surface area (Å²) in [4.78, 5) is 14.5. The van der Waals surface area contributed by atoms with Crippen molar-refractivity contribution in [1.29, 1.82) is 0 Å². The third-order valence-corrected chi connectivity index (χ3v) is 4.03. The van der Waals surface area contributed by atoms with Gasteiger partial charge in [-0.05, 0) is 24.6 Å². The number of hydrogen-bond acceptors (Lipinski definition) is 5. The van der Waals surface area contributed by atoms with Crippen molar-refractivity contribution >= 4 is 5.91 Å². The van der Waals surface area contributed by atoms with E-state index in [4.69, 9.17) is 9.47 Å². The van der Waals surface area contributed by atoms with Crippen LogP contribution in [-0.4, -0.2) is 39.8 Å². The predicted octanol–water partition coefficient (Wildman–Crippen LogP) is 1.54. The molecule has 1 atom stereocenters. The molecule has 1 aromatic carbocycles. The maximum atomic E-state index is 12.7. The van der Waals surface area contributed by atoms with Gasteiger partial charge >= 0.3 is 0 Å². The summed E-state index contributed by atoms with van der Waals surface area (Å²) in [7, 11) is 3.24. The molecule has 0 bridgehead atoms. The molecule has 0 N–H and O–H groups in total. The Bertz CT molecular complexity index is 696. The fourth-order valence-corrected chi connectivity index (χ4v) is 2.85. The summed E-state index contributed by atoms with van der Waals surface area (Å²) in [6, 6.07) is 7.40. The molecule has 0 radical (unpaired) electrons. The SMILES string of the molecule is COCc1nnc2n1[C@@H](C)C(=O)N(Cc1ccc(OC)cc1)C2. The average molecular weight is 316 g/mol. The first kappa shape index (κ1) is 15.5. The molecule has 23 heavy (non-hydrogen) atoms. The summed E-state index contributed by atoms with van der Waals surface area (Å²) in [5.74, 6) is 2.34. The lowest BCUT2D eigenvalue weighted by atomic mass is 10.1. The van der Waals surface area contributed by atoms with E-state index in [0.29, 0.717) is 25.5 Å².